The van der Waals surface area contributed by atoms with Crippen LogP contribution >= 0.6 is 15.9 Å². The van der Waals surface area contributed by atoms with Crippen molar-refractivity contribution in [2.24, 2.45) is 5.92 Å². The summed E-state index contributed by atoms with van der Waals surface area (Å²) in [5.74, 6) is 0.186. The SMILES string of the molecule is COc1cc(C2Nc3ccccc3NC3=CC(c4ccccc4)CC(=O)C32)cc(Br)c1O. The third-order valence-electron chi connectivity index (χ3n) is 6.19. The lowest BCUT2D eigenvalue weighted by Gasteiger charge is -2.32. The van der Waals surface area contributed by atoms with E-state index in [2.05, 4.69) is 44.8 Å². The van der Waals surface area contributed by atoms with Crippen molar-refractivity contribution in [2.45, 2.75) is 18.4 Å². The molecule has 0 saturated carbocycles. The fourth-order valence-electron chi connectivity index (χ4n) is 4.62. The Balaban J connectivity index is 1.65. The quantitative estimate of drug-likeness (QED) is 0.420. The van der Waals surface area contributed by atoms with Crippen molar-refractivity contribution >= 4 is 33.1 Å². The highest BCUT2D eigenvalue weighted by Gasteiger charge is 2.40. The first-order valence-corrected chi connectivity index (χ1v) is 11.3. The molecule has 0 radical (unpaired) electrons. The summed E-state index contributed by atoms with van der Waals surface area (Å²) in [7, 11) is 1.52. The van der Waals surface area contributed by atoms with Gasteiger partial charge in [0.2, 0.25) is 0 Å². The van der Waals surface area contributed by atoms with Crippen LogP contribution in [0.4, 0.5) is 11.4 Å². The van der Waals surface area contributed by atoms with E-state index in [9.17, 15) is 9.90 Å². The molecule has 3 unspecified atom stereocenters. The second-order valence-corrected chi connectivity index (χ2v) is 8.99. The number of carbonyl (C=O) groups excluding carboxylic acids is 1. The number of Topliss-reactive ketones (excluding diaryl/α,β-unsaturated/α-hetero) is 1. The lowest BCUT2D eigenvalue weighted by Crippen LogP contribution is -2.33. The van der Waals surface area contributed by atoms with E-state index in [1.54, 1.807) is 6.07 Å². The van der Waals surface area contributed by atoms with Gasteiger partial charge >= 0.3 is 0 Å². The normalized spacial score (nSPS) is 21.9. The van der Waals surface area contributed by atoms with Gasteiger partial charge in [0.1, 0.15) is 5.78 Å². The monoisotopic (exact) mass is 490 g/mol. The molecule has 3 atom stereocenters. The fraction of sp³-hybridized carbons (Fsp3) is 0.192. The molecule has 32 heavy (non-hydrogen) atoms. The number of para-hydroxylation sites is 2. The number of ether oxygens (including phenoxy) is 1. The summed E-state index contributed by atoms with van der Waals surface area (Å²) in [4.78, 5) is 13.6. The van der Waals surface area contributed by atoms with Crippen LogP contribution in [-0.2, 0) is 4.79 Å². The lowest BCUT2D eigenvalue weighted by molar-refractivity contribution is -0.122. The number of hydrogen-bond donors (Lipinski definition) is 3. The molecule has 0 aromatic heterocycles. The van der Waals surface area contributed by atoms with Gasteiger partial charge in [0, 0.05) is 18.0 Å². The first-order chi connectivity index (χ1) is 15.5. The van der Waals surface area contributed by atoms with Crippen molar-refractivity contribution in [3.05, 3.63) is 94.1 Å². The number of ketones is 1. The first-order valence-electron chi connectivity index (χ1n) is 10.5. The van der Waals surface area contributed by atoms with Crippen molar-refractivity contribution in [3.63, 3.8) is 0 Å². The fourth-order valence-corrected chi connectivity index (χ4v) is 5.08. The van der Waals surface area contributed by atoms with E-state index in [0.29, 0.717) is 16.6 Å². The van der Waals surface area contributed by atoms with Crippen molar-refractivity contribution in [3.8, 4) is 11.5 Å². The Hall–Kier alpha value is -3.25. The van der Waals surface area contributed by atoms with Gasteiger partial charge in [-0.3, -0.25) is 4.79 Å². The Morgan fingerprint density at radius 2 is 1.72 bits per heavy atom. The zero-order chi connectivity index (χ0) is 22.2. The highest BCUT2D eigenvalue weighted by atomic mass is 79.9. The maximum atomic E-state index is 13.6. The number of allylic oxidation sites excluding steroid dienone is 1. The number of phenols is 1. The summed E-state index contributed by atoms with van der Waals surface area (Å²) in [5.41, 5.74) is 4.72. The van der Waals surface area contributed by atoms with Crippen LogP contribution < -0.4 is 15.4 Å². The molecule has 0 spiro atoms. The van der Waals surface area contributed by atoms with Crippen molar-refractivity contribution in [2.75, 3.05) is 17.7 Å². The van der Waals surface area contributed by atoms with Crippen LogP contribution in [-0.4, -0.2) is 18.0 Å². The van der Waals surface area contributed by atoms with Gasteiger partial charge in [-0.25, -0.2) is 0 Å². The molecule has 5 nitrogen and oxygen atoms in total. The zero-order valence-corrected chi connectivity index (χ0v) is 19.1. The van der Waals surface area contributed by atoms with Crippen LogP contribution in [0.1, 0.15) is 29.5 Å². The highest BCUT2D eigenvalue weighted by Crippen LogP contribution is 2.46. The minimum Gasteiger partial charge on any atom is -0.503 e. The van der Waals surface area contributed by atoms with E-state index < -0.39 is 5.92 Å². The molecule has 162 valence electrons. The lowest BCUT2D eigenvalue weighted by atomic mass is 9.76. The molecular weight excluding hydrogens is 468 g/mol. The summed E-state index contributed by atoms with van der Waals surface area (Å²) >= 11 is 3.43. The van der Waals surface area contributed by atoms with Crippen LogP contribution in [0.15, 0.2) is 83.0 Å². The average molecular weight is 491 g/mol. The molecule has 1 aliphatic heterocycles. The van der Waals surface area contributed by atoms with E-state index in [-0.39, 0.29) is 23.5 Å². The third kappa shape index (κ3) is 3.65. The standard InChI is InChI=1S/C26H23BrN2O3/c1-32-23-14-17(11-18(27)26(23)31)25-24-21(28-19-9-5-6-10-20(19)29-25)12-16(13-22(24)30)15-7-3-2-4-8-15/h2-12,14,16,24-25,28-29,31H,13H2,1H3. The second-order valence-electron chi connectivity index (χ2n) is 8.13. The Bertz CT molecular complexity index is 1210. The Labute approximate surface area is 195 Å². The van der Waals surface area contributed by atoms with Crippen LogP contribution in [0.2, 0.25) is 0 Å². The summed E-state index contributed by atoms with van der Waals surface area (Å²) in [6, 6.07) is 21.4. The molecule has 3 aromatic carbocycles. The number of anilines is 2. The zero-order valence-electron chi connectivity index (χ0n) is 17.5. The molecular formula is C26H23BrN2O3. The van der Waals surface area contributed by atoms with Gasteiger partial charge < -0.3 is 20.5 Å². The molecule has 3 N–H and O–H groups in total. The number of fused-ring (bicyclic) bond motifs is 2. The van der Waals surface area contributed by atoms with Crippen LogP contribution in [0.5, 0.6) is 11.5 Å². The number of nitrogens with one attached hydrogen (secondary N) is 2. The number of rotatable bonds is 3. The maximum absolute atomic E-state index is 13.6. The van der Waals surface area contributed by atoms with E-state index in [0.717, 1.165) is 28.2 Å². The average Bonchev–Trinajstić information content (AvgIpc) is 2.98. The largest absolute Gasteiger partial charge is 0.503 e. The third-order valence-corrected chi connectivity index (χ3v) is 6.80. The van der Waals surface area contributed by atoms with E-state index in [1.165, 1.54) is 7.11 Å². The Morgan fingerprint density at radius 1 is 1.00 bits per heavy atom. The molecule has 0 amide bonds. The van der Waals surface area contributed by atoms with Gasteiger partial charge in [-0.1, -0.05) is 48.5 Å². The predicted octanol–water partition coefficient (Wildman–Crippen LogP) is 6.00. The minimum absolute atomic E-state index is 0.0226. The highest BCUT2D eigenvalue weighted by molar-refractivity contribution is 9.10. The van der Waals surface area contributed by atoms with Crippen molar-refractivity contribution in [1.82, 2.24) is 0 Å². The van der Waals surface area contributed by atoms with E-state index in [4.69, 9.17) is 4.74 Å². The molecule has 1 heterocycles. The summed E-state index contributed by atoms with van der Waals surface area (Å²) < 4.78 is 5.90. The maximum Gasteiger partial charge on any atom is 0.172 e. The predicted molar refractivity (Wildman–Crippen MR) is 129 cm³/mol. The van der Waals surface area contributed by atoms with Gasteiger partial charge in [-0.15, -0.1) is 0 Å². The number of halogens is 1. The van der Waals surface area contributed by atoms with Gasteiger partial charge in [0.05, 0.1) is 34.9 Å². The summed E-state index contributed by atoms with van der Waals surface area (Å²) in [5, 5.41) is 17.4. The molecule has 1 aliphatic carbocycles. The van der Waals surface area contributed by atoms with Crippen LogP contribution in [0.25, 0.3) is 0 Å². The molecule has 6 heteroatoms. The minimum atomic E-state index is -0.400. The summed E-state index contributed by atoms with van der Waals surface area (Å²) in [6.07, 6.45) is 2.62. The molecule has 3 aromatic rings. The Morgan fingerprint density at radius 3 is 2.47 bits per heavy atom. The summed E-state index contributed by atoms with van der Waals surface area (Å²) in [6.45, 7) is 0. The van der Waals surface area contributed by atoms with Crippen LogP contribution in [0, 0.1) is 5.92 Å². The van der Waals surface area contributed by atoms with Crippen molar-refractivity contribution < 1.29 is 14.6 Å². The molecule has 2 aliphatic rings. The molecule has 0 bridgehead atoms. The number of hydrogen-bond acceptors (Lipinski definition) is 5. The topological polar surface area (TPSA) is 70.6 Å². The number of carbonyl (C=O) groups is 1. The van der Waals surface area contributed by atoms with Gasteiger partial charge in [0.25, 0.3) is 0 Å². The second kappa shape index (κ2) is 8.36. The smallest absolute Gasteiger partial charge is 0.172 e. The van der Waals surface area contributed by atoms with Gasteiger partial charge in [-0.05, 0) is 51.3 Å². The molecule has 5 rings (SSSR count). The van der Waals surface area contributed by atoms with Crippen molar-refractivity contribution in [1.29, 1.82) is 0 Å². The van der Waals surface area contributed by atoms with E-state index in [1.807, 2.05) is 48.5 Å². The number of phenolic OH excluding ortho intramolecular Hbond substituents is 1. The molecule has 0 fully saturated rings. The Kier molecular flexibility index (Phi) is 5.39. The number of benzene rings is 3. The number of methoxy groups -OCH3 is 1. The molecule has 0 saturated heterocycles. The van der Waals surface area contributed by atoms with Gasteiger partial charge in [0.15, 0.2) is 11.5 Å². The van der Waals surface area contributed by atoms with Gasteiger partial charge in [-0.2, -0.15) is 0 Å². The number of aromatic hydroxyl groups is 1. The van der Waals surface area contributed by atoms with Crippen LogP contribution in [0.3, 0.4) is 0 Å². The first kappa shape index (κ1) is 20.6. The van der Waals surface area contributed by atoms with E-state index >= 15 is 0 Å².